The number of likely N-dealkylation sites (tertiary alicyclic amines) is 1. The first-order valence-corrected chi connectivity index (χ1v) is 9.41. The van der Waals surface area contributed by atoms with E-state index < -0.39 is 0 Å². The Labute approximate surface area is 164 Å². The van der Waals surface area contributed by atoms with E-state index in [4.69, 9.17) is 5.73 Å². The maximum absolute atomic E-state index is 12.4. The molecule has 2 aromatic rings. The number of nitrogens with two attached hydrogens (primary N) is 1. The lowest BCUT2D eigenvalue weighted by Gasteiger charge is -2.23. The third kappa shape index (κ3) is 4.90. The van der Waals surface area contributed by atoms with Gasteiger partial charge in [0.1, 0.15) is 5.01 Å². The van der Waals surface area contributed by atoms with Crippen LogP contribution in [0.15, 0.2) is 21.3 Å². The minimum atomic E-state index is 0. The maximum Gasteiger partial charge on any atom is 0.228 e. The van der Waals surface area contributed by atoms with Gasteiger partial charge < -0.3 is 10.6 Å². The summed E-state index contributed by atoms with van der Waals surface area (Å²) in [5, 5.41) is 5.00. The number of aromatic nitrogens is 1. The van der Waals surface area contributed by atoms with Crippen molar-refractivity contribution in [3.05, 3.63) is 27.0 Å². The molecule has 0 spiro atoms. The molecule has 1 unspecified atom stereocenters. The zero-order valence-corrected chi connectivity index (χ0v) is 17.1. The summed E-state index contributed by atoms with van der Waals surface area (Å²) in [5.74, 6) is 0.146. The Balaban J connectivity index is 0.00000132. The van der Waals surface area contributed by atoms with Crippen LogP contribution in [0.25, 0.3) is 9.88 Å². The molecule has 1 aliphatic rings. The van der Waals surface area contributed by atoms with Crippen molar-refractivity contribution in [3.8, 4) is 9.88 Å². The van der Waals surface area contributed by atoms with Crippen LogP contribution < -0.4 is 5.73 Å². The van der Waals surface area contributed by atoms with Crippen LogP contribution in [0, 0.1) is 0 Å². The molecule has 1 aliphatic heterocycles. The van der Waals surface area contributed by atoms with E-state index in [0.717, 1.165) is 39.4 Å². The summed E-state index contributed by atoms with van der Waals surface area (Å²) in [7, 11) is 0. The summed E-state index contributed by atoms with van der Waals surface area (Å²) < 4.78 is 1.07. The van der Waals surface area contributed by atoms with Gasteiger partial charge in [0, 0.05) is 34.4 Å². The molecule has 3 heterocycles. The number of amides is 1. The summed E-state index contributed by atoms with van der Waals surface area (Å²) in [5.41, 5.74) is 6.58. The molecule has 3 rings (SSSR count). The van der Waals surface area contributed by atoms with E-state index in [1.807, 2.05) is 15.7 Å². The maximum atomic E-state index is 12.4. The average molecular weight is 459 g/mol. The van der Waals surface area contributed by atoms with Gasteiger partial charge in [-0.3, -0.25) is 4.79 Å². The first-order valence-electron chi connectivity index (χ1n) is 6.85. The zero-order chi connectivity index (χ0) is 14.8. The van der Waals surface area contributed by atoms with E-state index in [1.165, 1.54) is 0 Å². The molecule has 0 radical (unpaired) electrons. The van der Waals surface area contributed by atoms with Crippen LogP contribution in [0.1, 0.15) is 18.5 Å². The van der Waals surface area contributed by atoms with Gasteiger partial charge in [-0.05, 0) is 34.8 Å². The van der Waals surface area contributed by atoms with Crippen molar-refractivity contribution in [1.82, 2.24) is 9.88 Å². The molecule has 9 heteroatoms. The van der Waals surface area contributed by atoms with Crippen molar-refractivity contribution < 1.29 is 4.79 Å². The Morgan fingerprint density at radius 3 is 2.83 bits per heavy atom. The van der Waals surface area contributed by atoms with E-state index in [9.17, 15) is 4.79 Å². The third-order valence-electron chi connectivity index (χ3n) is 3.63. The first kappa shape index (κ1) is 20.9. The molecule has 128 valence electrons. The van der Waals surface area contributed by atoms with Gasteiger partial charge in [0.05, 0.1) is 17.0 Å². The third-order valence-corrected chi connectivity index (χ3v) is 6.38. The fourth-order valence-corrected chi connectivity index (χ4v) is 4.92. The fourth-order valence-electron chi connectivity index (χ4n) is 2.59. The highest BCUT2D eigenvalue weighted by Gasteiger charge is 2.27. The predicted octanol–water partition coefficient (Wildman–Crippen LogP) is 3.97. The largest absolute Gasteiger partial charge is 0.338 e. The first-order chi connectivity index (χ1) is 10.2. The van der Waals surface area contributed by atoms with Crippen LogP contribution in [0.5, 0.6) is 0 Å². The predicted molar refractivity (Wildman–Crippen MR) is 105 cm³/mol. The molecule has 2 N–H and O–H groups in total. The van der Waals surface area contributed by atoms with E-state index in [1.54, 1.807) is 22.7 Å². The second kappa shape index (κ2) is 9.34. The molecular formula is C14H18BrCl2N3OS2. The van der Waals surface area contributed by atoms with Crippen molar-refractivity contribution >= 4 is 69.3 Å². The Morgan fingerprint density at radius 1 is 1.39 bits per heavy atom. The number of hydrogen-bond donors (Lipinski definition) is 1. The molecule has 4 nitrogen and oxygen atoms in total. The summed E-state index contributed by atoms with van der Waals surface area (Å²) in [6.45, 7) is 1.38. The summed E-state index contributed by atoms with van der Waals surface area (Å²) in [6.07, 6.45) is 2.45. The SMILES string of the molecule is Cl.Cl.NCC1CCCN1C(=O)Cc1csc(-c2cc(Br)cs2)n1. The molecular weight excluding hydrogens is 441 g/mol. The van der Waals surface area contributed by atoms with Crippen LogP contribution in [0.3, 0.4) is 0 Å². The van der Waals surface area contributed by atoms with E-state index in [2.05, 4.69) is 27.0 Å². The van der Waals surface area contributed by atoms with E-state index in [-0.39, 0.29) is 36.8 Å². The lowest BCUT2D eigenvalue weighted by molar-refractivity contribution is -0.131. The average Bonchev–Trinajstić information content (AvgIpc) is 3.17. The van der Waals surface area contributed by atoms with Gasteiger partial charge in [-0.15, -0.1) is 47.5 Å². The number of thiophene rings is 1. The number of carbonyl (C=O) groups is 1. The smallest absolute Gasteiger partial charge is 0.228 e. The van der Waals surface area contributed by atoms with Gasteiger partial charge in [-0.25, -0.2) is 4.98 Å². The van der Waals surface area contributed by atoms with Crippen molar-refractivity contribution in [1.29, 1.82) is 0 Å². The Kier molecular flexibility index (Phi) is 8.47. The lowest BCUT2D eigenvalue weighted by Crippen LogP contribution is -2.40. The van der Waals surface area contributed by atoms with Crippen molar-refractivity contribution in [2.24, 2.45) is 5.73 Å². The van der Waals surface area contributed by atoms with E-state index in [0.29, 0.717) is 13.0 Å². The van der Waals surface area contributed by atoms with Gasteiger partial charge in [0.15, 0.2) is 0 Å². The van der Waals surface area contributed by atoms with Gasteiger partial charge in [0.25, 0.3) is 0 Å². The van der Waals surface area contributed by atoms with Crippen molar-refractivity contribution in [2.75, 3.05) is 13.1 Å². The normalized spacial score (nSPS) is 16.8. The highest BCUT2D eigenvalue weighted by molar-refractivity contribution is 9.10. The second-order valence-corrected chi connectivity index (χ2v) is 7.75. The number of thiazole rings is 1. The van der Waals surface area contributed by atoms with Crippen LogP contribution in [-0.4, -0.2) is 34.9 Å². The van der Waals surface area contributed by atoms with Gasteiger partial charge in [-0.2, -0.15) is 0 Å². The van der Waals surface area contributed by atoms with Crippen molar-refractivity contribution in [2.45, 2.75) is 25.3 Å². The monoisotopic (exact) mass is 457 g/mol. The fraction of sp³-hybridized carbons (Fsp3) is 0.429. The number of halogens is 3. The quantitative estimate of drug-likeness (QED) is 0.753. The number of hydrogen-bond acceptors (Lipinski definition) is 5. The van der Waals surface area contributed by atoms with E-state index >= 15 is 0 Å². The second-order valence-electron chi connectivity index (χ2n) is 5.07. The highest BCUT2D eigenvalue weighted by atomic mass is 79.9. The Bertz CT molecular complexity index is 650. The molecule has 0 saturated carbocycles. The van der Waals surface area contributed by atoms with Crippen LogP contribution in [0.4, 0.5) is 0 Å². The molecule has 0 aliphatic carbocycles. The molecule has 1 amide bonds. The molecule has 0 aromatic carbocycles. The summed E-state index contributed by atoms with van der Waals surface area (Å²) >= 11 is 6.69. The van der Waals surface area contributed by atoms with Crippen LogP contribution >= 0.6 is 63.4 Å². The van der Waals surface area contributed by atoms with Gasteiger partial charge in [-0.1, -0.05) is 0 Å². The minimum absolute atomic E-state index is 0. The number of carbonyl (C=O) groups excluding carboxylic acids is 1. The van der Waals surface area contributed by atoms with Gasteiger partial charge in [0.2, 0.25) is 5.91 Å². The van der Waals surface area contributed by atoms with Crippen LogP contribution in [0.2, 0.25) is 0 Å². The summed E-state index contributed by atoms with van der Waals surface area (Å²) in [4.78, 5) is 20.0. The Hall–Kier alpha value is -0.180. The molecule has 2 aromatic heterocycles. The summed E-state index contributed by atoms with van der Waals surface area (Å²) in [6, 6.07) is 2.27. The highest BCUT2D eigenvalue weighted by Crippen LogP contribution is 2.32. The molecule has 1 saturated heterocycles. The minimum Gasteiger partial charge on any atom is -0.338 e. The van der Waals surface area contributed by atoms with Crippen molar-refractivity contribution in [3.63, 3.8) is 0 Å². The lowest BCUT2D eigenvalue weighted by atomic mass is 10.2. The number of nitrogens with zero attached hydrogens (tertiary/aromatic N) is 2. The molecule has 23 heavy (non-hydrogen) atoms. The molecule has 1 atom stereocenters. The van der Waals surface area contributed by atoms with Gasteiger partial charge >= 0.3 is 0 Å². The molecule has 0 bridgehead atoms. The topological polar surface area (TPSA) is 59.2 Å². The number of rotatable bonds is 4. The van der Waals surface area contributed by atoms with Crippen LogP contribution in [-0.2, 0) is 11.2 Å². The zero-order valence-electron chi connectivity index (χ0n) is 12.2. The molecule has 1 fully saturated rings. The standard InChI is InChI=1S/C14H16BrN3OS2.2ClH/c15-9-4-12(20-7-9)14-17-10(8-21-14)5-13(19)18-3-1-2-11(18)6-16;;/h4,7-8,11H,1-3,5-6,16H2;2*1H. The Morgan fingerprint density at radius 2 is 2.17 bits per heavy atom.